The molecule has 0 unspecified atom stereocenters. The van der Waals surface area contributed by atoms with Gasteiger partial charge in [-0.05, 0) is 0 Å². The zero-order valence-corrected chi connectivity index (χ0v) is 2.56. The van der Waals surface area contributed by atoms with Crippen molar-refractivity contribution in [3.05, 3.63) is 0 Å². The van der Waals surface area contributed by atoms with Crippen molar-refractivity contribution in [1.29, 1.82) is 0 Å². The summed E-state index contributed by atoms with van der Waals surface area (Å²) in [6.07, 6.45) is 0. The van der Waals surface area contributed by atoms with E-state index in [0.29, 0.717) is 0 Å². The Balaban J connectivity index is 2.85. The van der Waals surface area contributed by atoms with Crippen LogP contribution in [0.2, 0.25) is 0 Å². The number of amides is 2. The van der Waals surface area contributed by atoms with Crippen molar-refractivity contribution in [3.63, 3.8) is 0 Å². The van der Waals surface area contributed by atoms with Crippen LogP contribution in [0.1, 0.15) is 0 Å². The van der Waals surface area contributed by atoms with Crippen LogP contribution in [-0.4, -0.2) is 6.03 Å². The fraction of sp³-hybridized carbons (Fsp3) is 0. The third-order valence-corrected chi connectivity index (χ3v) is 0.142. The molecule has 30 valence electrons. The van der Waals surface area contributed by atoms with Gasteiger partial charge in [-0.2, -0.15) is 0 Å². The maximum Gasteiger partial charge on any atom is 0.326 e. The molecule has 0 aromatic rings. The number of hydrogen-bond donors (Lipinski definition) is 3. The summed E-state index contributed by atoms with van der Waals surface area (Å²) in [6, 6.07) is -0.718. The van der Waals surface area contributed by atoms with Gasteiger partial charge in [0.05, 0.1) is 0 Å². The largest absolute Gasteiger partial charge is 0.351 e. The van der Waals surface area contributed by atoms with Crippen LogP contribution in [-0.2, 0) is 0 Å². The zero-order valence-electron chi connectivity index (χ0n) is 2.56. The second-order valence-electron chi connectivity index (χ2n) is 0.509. The first-order chi connectivity index (χ1) is 2.27. The maximum absolute atomic E-state index is 9.35. The number of carbonyl (C=O) groups excluding carboxylic acids is 1. The van der Waals surface area contributed by atoms with Crippen LogP contribution in [0.3, 0.4) is 0 Å². The molecule has 5 heavy (non-hydrogen) atoms. The van der Waals surface area contributed by atoms with E-state index < -0.39 is 6.03 Å². The van der Waals surface area contributed by atoms with E-state index in [4.69, 9.17) is 0 Å². The molecule has 0 aliphatic rings. The van der Waals surface area contributed by atoms with E-state index in [0.717, 1.165) is 0 Å². The molecule has 0 spiro atoms. The SMILES string of the molecule is N[13C](=O)[15NH][15NH2]. The van der Waals surface area contributed by atoms with E-state index in [-0.39, 0.29) is 0 Å². The zero-order chi connectivity index (χ0) is 4.28. The molecule has 0 atom stereocenters. The molecule has 5 N–H and O–H groups in total. The lowest BCUT2D eigenvalue weighted by Gasteiger charge is -1.81. The average Bonchev–Trinajstić information content (AvgIpc) is 1.38. The second-order valence-corrected chi connectivity index (χ2v) is 0.509. The summed E-state index contributed by atoms with van der Waals surface area (Å²) in [7, 11) is 0. The lowest BCUT2D eigenvalue weighted by atomic mass is 12.0. The molecule has 2 amide bonds. The standard InChI is InChI=1S/CH5N3O/c2-1(5)4-3/h3H2,(H3,2,4,5)/i1+1,3+1,4+1. The maximum atomic E-state index is 9.35. The van der Waals surface area contributed by atoms with Gasteiger partial charge in [0.25, 0.3) is 0 Å². The molecule has 4 nitrogen and oxygen atoms in total. The van der Waals surface area contributed by atoms with Crippen LogP contribution < -0.4 is 17.0 Å². The Labute approximate surface area is 29.1 Å². The van der Waals surface area contributed by atoms with E-state index in [2.05, 4.69) is 11.6 Å². The van der Waals surface area contributed by atoms with E-state index >= 15 is 0 Å². The highest BCUT2D eigenvalue weighted by Gasteiger charge is 1.73. The van der Waals surface area contributed by atoms with Gasteiger partial charge in [0.15, 0.2) is 0 Å². The molecular formula is CH5N3O. The molecule has 0 bridgehead atoms. The number of hydrogen-bond acceptors (Lipinski definition) is 2. The summed E-state index contributed by atoms with van der Waals surface area (Å²) in [6.45, 7) is 0. The van der Waals surface area contributed by atoms with E-state index in [1.165, 1.54) is 0 Å². The second kappa shape index (κ2) is 1.54. The summed E-state index contributed by atoms with van der Waals surface area (Å²) in [5.74, 6) is 4.45. The van der Waals surface area contributed by atoms with Crippen molar-refractivity contribution in [2.45, 2.75) is 0 Å². The first-order valence-electron chi connectivity index (χ1n) is 1.03. The number of rotatable bonds is 0. The fourth-order valence-corrected chi connectivity index (χ4v) is 0. The molecule has 0 fully saturated rings. The molecule has 0 heterocycles. The molecule has 0 aromatic carbocycles. The quantitative estimate of drug-likeness (QED) is 0.109. The molecule has 0 aliphatic carbocycles. The molecular weight excluding hydrogens is 73.0 g/mol. The van der Waals surface area contributed by atoms with Gasteiger partial charge in [-0.1, -0.05) is 0 Å². The number of hydrazine groups is 1. The van der Waals surface area contributed by atoms with Gasteiger partial charge in [-0.3, -0.25) is 5.43 Å². The van der Waals surface area contributed by atoms with Gasteiger partial charge in [0.1, 0.15) is 0 Å². The van der Waals surface area contributed by atoms with E-state index in [1.54, 1.807) is 5.43 Å². The van der Waals surface area contributed by atoms with Gasteiger partial charge in [-0.15, -0.1) is 0 Å². The lowest BCUT2D eigenvalue weighted by Crippen LogP contribution is -2.34. The Bertz CT molecular complexity index is 42.2. The minimum Gasteiger partial charge on any atom is -0.351 e. The summed E-state index contributed by atoms with van der Waals surface area (Å²) >= 11 is 0. The van der Waals surface area contributed by atoms with Crippen LogP contribution in [0.5, 0.6) is 0 Å². The molecule has 0 saturated heterocycles. The highest BCUT2D eigenvalue weighted by atomic mass is 16.4. The van der Waals surface area contributed by atoms with Crippen LogP contribution >= 0.6 is 0 Å². The molecule has 0 radical (unpaired) electrons. The average molecular weight is 78.0 g/mol. The minimum atomic E-state index is -0.718. The van der Waals surface area contributed by atoms with Gasteiger partial charge in [-0.25, -0.2) is 10.6 Å². The van der Waals surface area contributed by atoms with Gasteiger partial charge in [0.2, 0.25) is 0 Å². The van der Waals surface area contributed by atoms with Crippen LogP contribution in [0.4, 0.5) is 4.79 Å². The van der Waals surface area contributed by atoms with Crippen LogP contribution in [0.15, 0.2) is 0 Å². The Morgan fingerprint density at radius 2 is 2.00 bits per heavy atom. The predicted molar refractivity (Wildman–Crippen MR) is 16.9 cm³/mol. The van der Waals surface area contributed by atoms with E-state index in [1.807, 2.05) is 0 Å². The first-order valence-corrected chi connectivity index (χ1v) is 1.03. The van der Waals surface area contributed by atoms with Gasteiger partial charge < -0.3 is 5.73 Å². The Morgan fingerprint density at radius 1 is 1.80 bits per heavy atom. The monoisotopic (exact) mass is 78.0 g/mol. The number of nitrogens with one attached hydrogen (secondary N) is 1. The first kappa shape index (κ1) is 4.23. The van der Waals surface area contributed by atoms with Crippen molar-refractivity contribution >= 4 is 6.03 Å². The number of primary amides is 1. The highest BCUT2D eigenvalue weighted by molar-refractivity contribution is 5.70. The molecule has 0 aliphatic heterocycles. The van der Waals surface area contributed by atoms with Crippen molar-refractivity contribution < 1.29 is 4.79 Å². The number of carbonyl (C=O) groups is 1. The number of urea groups is 1. The van der Waals surface area contributed by atoms with Crippen LogP contribution in [0.25, 0.3) is 0 Å². The highest BCUT2D eigenvalue weighted by Crippen LogP contribution is 1.34. The van der Waals surface area contributed by atoms with E-state index in [9.17, 15) is 4.79 Å². The van der Waals surface area contributed by atoms with Crippen molar-refractivity contribution in [1.82, 2.24) is 5.43 Å². The fourth-order valence-electron chi connectivity index (χ4n) is 0. The van der Waals surface area contributed by atoms with Gasteiger partial charge in [0, 0.05) is 0 Å². The smallest absolute Gasteiger partial charge is 0.326 e. The topological polar surface area (TPSA) is 81.1 Å². The van der Waals surface area contributed by atoms with Crippen LogP contribution in [0, 0.1) is 0 Å². The van der Waals surface area contributed by atoms with Crippen molar-refractivity contribution in [2.24, 2.45) is 11.6 Å². The summed E-state index contributed by atoms with van der Waals surface area (Å²) in [5.41, 5.74) is 6.08. The molecule has 0 rings (SSSR count). The van der Waals surface area contributed by atoms with Crippen molar-refractivity contribution in [2.75, 3.05) is 0 Å². The predicted octanol–water partition coefficient (Wildman–Crippen LogP) is -1.47. The third kappa shape index (κ3) is 3.23. The summed E-state index contributed by atoms with van der Waals surface area (Å²) < 4.78 is 0. The summed E-state index contributed by atoms with van der Waals surface area (Å²) in [4.78, 5) is 9.35. The summed E-state index contributed by atoms with van der Waals surface area (Å²) in [5, 5.41) is 0. The molecule has 0 aromatic heterocycles. The molecule has 4 heteroatoms. The Hall–Kier alpha value is -0.770. The van der Waals surface area contributed by atoms with Crippen molar-refractivity contribution in [3.8, 4) is 0 Å². The van der Waals surface area contributed by atoms with Gasteiger partial charge >= 0.3 is 6.03 Å². The third-order valence-electron chi connectivity index (χ3n) is 0.142. The number of nitrogens with two attached hydrogens (primary N) is 2. The Morgan fingerprint density at radius 3 is 2.00 bits per heavy atom. The minimum absolute atomic E-state index is 0.718. The lowest BCUT2D eigenvalue weighted by molar-refractivity contribution is 0.249. The molecule has 0 saturated carbocycles. The Kier molecular flexibility index (Phi) is 1.30. The normalized spacial score (nSPS) is 6.60.